The largest absolute Gasteiger partial charge is 0.381 e. The maximum atomic E-state index is 12.3. The molecule has 0 N–H and O–H groups in total. The van der Waals surface area contributed by atoms with Gasteiger partial charge < -0.3 is 14.2 Å². The van der Waals surface area contributed by atoms with E-state index in [9.17, 15) is 4.79 Å². The average molecular weight is 264 g/mol. The third-order valence-electron chi connectivity index (χ3n) is 4.90. The van der Waals surface area contributed by atoms with Crippen LogP contribution in [0.2, 0.25) is 0 Å². The molecule has 0 bridgehead atoms. The Morgan fingerprint density at radius 3 is 2.68 bits per heavy atom. The molecule has 1 saturated carbocycles. The van der Waals surface area contributed by atoms with Gasteiger partial charge in [-0.15, -0.1) is 0 Å². The number of aryl methyl sites for hydroxylation is 1. The smallest absolute Gasteiger partial charge is 0.259 e. The second-order valence-electron chi connectivity index (χ2n) is 5.73. The highest BCUT2D eigenvalue weighted by Gasteiger charge is 2.49. The molecule has 0 radical (unpaired) electrons. The van der Waals surface area contributed by atoms with Gasteiger partial charge in [0.15, 0.2) is 0 Å². The predicted molar refractivity (Wildman–Crippen MR) is 68.8 cm³/mol. The summed E-state index contributed by atoms with van der Waals surface area (Å²) >= 11 is 0. The predicted octanol–water partition coefficient (Wildman–Crippen LogP) is 2.01. The number of nitrogens with zero attached hydrogens (tertiary/aromatic N) is 2. The van der Waals surface area contributed by atoms with E-state index in [1.54, 1.807) is 14.0 Å². The molecule has 1 atom stereocenters. The Morgan fingerprint density at radius 2 is 2.21 bits per heavy atom. The summed E-state index contributed by atoms with van der Waals surface area (Å²) < 4.78 is 10.4. The number of rotatable bonds is 2. The van der Waals surface area contributed by atoms with Gasteiger partial charge in [-0.25, -0.2) is 0 Å². The molecule has 1 unspecified atom stereocenters. The zero-order chi connectivity index (χ0) is 13.5. The van der Waals surface area contributed by atoms with Crippen molar-refractivity contribution in [1.29, 1.82) is 0 Å². The van der Waals surface area contributed by atoms with E-state index in [0.717, 1.165) is 32.4 Å². The lowest BCUT2D eigenvalue weighted by atomic mass is 9.60. The second-order valence-corrected chi connectivity index (χ2v) is 5.73. The molecule has 2 aliphatic rings. The van der Waals surface area contributed by atoms with E-state index >= 15 is 0 Å². The van der Waals surface area contributed by atoms with Crippen molar-refractivity contribution in [3.63, 3.8) is 0 Å². The fourth-order valence-electron chi connectivity index (χ4n) is 3.43. The monoisotopic (exact) mass is 264 g/mol. The Morgan fingerprint density at radius 1 is 1.47 bits per heavy atom. The van der Waals surface area contributed by atoms with Crippen LogP contribution in [0.25, 0.3) is 0 Å². The molecule has 104 valence electrons. The zero-order valence-electron chi connectivity index (χ0n) is 11.5. The molecule has 1 aliphatic carbocycles. The second kappa shape index (κ2) is 4.63. The quantitative estimate of drug-likeness (QED) is 0.820. The zero-order valence-corrected chi connectivity index (χ0v) is 11.5. The molecule has 2 fully saturated rings. The highest BCUT2D eigenvalue weighted by atomic mass is 16.5. The summed E-state index contributed by atoms with van der Waals surface area (Å²) in [6, 6.07) is 0. The number of piperidine rings is 1. The number of aromatic nitrogens is 1. The van der Waals surface area contributed by atoms with Gasteiger partial charge in [0, 0.05) is 25.6 Å². The summed E-state index contributed by atoms with van der Waals surface area (Å²) in [7, 11) is 1.80. The van der Waals surface area contributed by atoms with Gasteiger partial charge in [-0.1, -0.05) is 5.16 Å². The van der Waals surface area contributed by atoms with Gasteiger partial charge in [-0.05, 0) is 32.6 Å². The van der Waals surface area contributed by atoms with E-state index in [0.29, 0.717) is 22.8 Å². The van der Waals surface area contributed by atoms with Crippen LogP contribution in [-0.2, 0) is 4.74 Å². The van der Waals surface area contributed by atoms with Crippen molar-refractivity contribution >= 4 is 5.91 Å². The number of hydrogen-bond donors (Lipinski definition) is 0. The number of amides is 1. The Kier molecular flexibility index (Phi) is 3.09. The minimum Gasteiger partial charge on any atom is -0.381 e. The highest BCUT2D eigenvalue weighted by Crippen LogP contribution is 2.50. The summed E-state index contributed by atoms with van der Waals surface area (Å²) in [6.45, 7) is 3.42. The standard InChI is InChI=1S/C14H20N2O3/c1-10-11(9-19-15-10)13(17)16-7-5-14(6-8-16)4-3-12(14)18-2/h9,12H,3-8H2,1-2H3. The minimum absolute atomic E-state index is 0.0434. The molecule has 1 aliphatic heterocycles. The third-order valence-corrected chi connectivity index (χ3v) is 4.90. The van der Waals surface area contributed by atoms with E-state index in [1.807, 2.05) is 4.90 Å². The van der Waals surface area contributed by atoms with Crippen molar-refractivity contribution < 1.29 is 14.1 Å². The van der Waals surface area contributed by atoms with Crippen molar-refractivity contribution in [1.82, 2.24) is 10.1 Å². The average Bonchev–Trinajstić information content (AvgIpc) is 2.84. The summed E-state index contributed by atoms with van der Waals surface area (Å²) in [4.78, 5) is 14.3. The van der Waals surface area contributed by atoms with Crippen LogP contribution in [0.4, 0.5) is 0 Å². The van der Waals surface area contributed by atoms with Gasteiger partial charge in [-0.3, -0.25) is 4.79 Å². The molecule has 5 nitrogen and oxygen atoms in total. The molecule has 2 heterocycles. The van der Waals surface area contributed by atoms with Crippen LogP contribution in [0.1, 0.15) is 41.7 Å². The molecule has 5 heteroatoms. The van der Waals surface area contributed by atoms with E-state index in [-0.39, 0.29) is 5.91 Å². The highest BCUT2D eigenvalue weighted by molar-refractivity contribution is 5.94. The van der Waals surface area contributed by atoms with Gasteiger partial charge in [-0.2, -0.15) is 0 Å². The Bertz CT molecular complexity index is 473. The number of hydrogen-bond acceptors (Lipinski definition) is 4. The van der Waals surface area contributed by atoms with Crippen LogP contribution in [0.5, 0.6) is 0 Å². The summed E-state index contributed by atoms with van der Waals surface area (Å²) in [5.74, 6) is 0.0434. The number of methoxy groups -OCH3 is 1. The first kappa shape index (κ1) is 12.7. The lowest BCUT2D eigenvalue weighted by Crippen LogP contribution is -2.53. The van der Waals surface area contributed by atoms with Crippen LogP contribution in [-0.4, -0.2) is 42.3 Å². The fraction of sp³-hybridized carbons (Fsp3) is 0.714. The molecule has 1 aromatic rings. The van der Waals surface area contributed by atoms with Gasteiger partial charge in [0.25, 0.3) is 5.91 Å². The van der Waals surface area contributed by atoms with Crippen LogP contribution in [0, 0.1) is 12.3 Å². The lowest BCUT2D eigenvalue weighted by Gasteiger charge is -2.53. The molecule has 1 amide bonds. The van der Waals surface area contributed by atoms with Crippen LogP contribution >= 0.6 is 0 Å². The first-order valence-electron chi connectivity index (χ1n) is 6.89. The van der Waals surface area contributed by atoms with E-state index in [1.165, 1.54) is 12.7 Å². The molecular formula is C14H20N2O3. The Balaban J connectivity index is 1.65. The van der Waals surface area contributed by atoms with Crippen LogP contribution in [0.15, 0.2) is 10.8 Å². The fourth-order valence-corrected chi connectivity index (χ4v) is 3.43. The normalized spacial score (nSPS) is 25.4. The molecule has 0 aromatic carbocycles. The first-order chi connectivity index (χ1) is 9.16. The lowest BCUT2D eigenvalue weighted by molar-refractivity contribution is -0.116. The van der Waals surface area contributed by atoms with Crippen molar-refractivity contribution in [2.45, 2.75) is 38.7 Å². The molecular weight excluding hydrogens is 244 g/mol. The van der Waals surface area contributed by atoms with E-state index < -0.39 is 0 Å². The number of likely N-dealkylation sites (tertiary alicyclic amines) is 1. The number of ether oxygens (including phenoxy) is 1. The molecule has 19 heavy (non-hydrogen) atoms. The Hall–Kier alpha value is -1.36. The number of carbonyl (C=O) groups excluding carboxylic acids is 1. The molecule has 1 aromatic heterocycles. The molecule has 1 saturated heterocycles. The number of carbonyl (C=O) groups is 1. The van der Waals surface area contributed by atoms with Gasteiger partial charge in [0.05, 0.1) is 11.8 Å². The third kappa shape index (κ3) is 1.96. The Labute approximate surface area is 112 Å². The summed E-state index contributed by atoms with van der Waals surface area (Å²) in [5, 5.41) is 3.77. The van der Waals surface area contributed by atoms with Crippen molar-refractivity contribution in [2.24, 2.45) is 5.41 Å². The van der Waals surface area contributed by atoms with E-state index in [2.05, 4.69) is 5.16 Å². The van der Waals surface area contributed by atoms with Gasteiger partial charge >= 0.3 is 0 Å². The van der Waals surface area contributed by atoms with E-state index in [4.69, 9.17) is 9.26 Å². The first-order valence-corrected chi connectivity index (χ1v) is 6.89. The maximum Gasteiger partial charge on any atom is 0.259 e. The van der Waals surface area contributed by atoms with Gasteiger partial charge in [0.2, 0.25) is 0 Å². The SMILES string of the molecule is COC1CCC12CCN(C(=O)c1conc1C)CC2. The molecule has 1 spiro atoms. The topological polar surface area (TPSA) is 55.6 Å². The van der Waals surface area contributed by atoms with Crippen LogP contribution < -0.4 is 0 Å². The molecule has 3 rings (SSSR count). The van der Waals surface area contributed by atoms with Crippen molar-refractivity contribution in [3.05, 3.63) is 17.5 Å². The summed E-state index contributed by atoms with van der Waals surface area (Å²) in [5.41, 5.74) is 1.59. The summed E-state index contributed by atoms with van der Waals surface area (Å²) in [6.07, 6.45) is 6.32. The minimum atomic E-state index is 0.0434. The van der Waals surface area contributed by atoms with Crippen molar-refractivity contribution in [2.75, 3.05) is 20.2 Å². The van der Waals surface area contributed by atoms with Crippen molar-refractivity contribution in [3.8, 4) is 0 Å². The van der Waals surface area contributed by atoms with Crippen LogP contribution in [0.3, 0.4) is 0 Å². The van der Waals surface area contributed by atoms with Gasteiger partial charge in [0.1, 0.15) is 11.8 Å². The maximum absolute atomic E-state index is 12.3.